The van der Waals surface area contributed by atoms with E-state index in [9.17, 15) is 14.4 Å². The van der Waals surface area contributed by atoms with Crippen LogP contribution in [0.5, 0.6) is 0 Å². The highest BCUT2D eigenvalue weighted by Crippen LogP contribution is 2.18. The first-order chi connectivity index (χ1) is 28.9. The molecule has 0 amide bonds. The second-order valence-electron chi connectivity index (χ2n) is 18.4. The average molecular weight is 835 g/mol. The summed E-state index contributed by atoms with van der Waals surface area (Å²) in [5.41, 5.74) is 0. The van der Waals surface area contributed by atoms with Gasteiger partial charge in [0.05, 0.1) is 0 Å². The third-order valence-electron chi connectivity index (χ3n) is 12.4. The summed E-state index contributed by atoms with van der Waals surface area (Å²) in [5, 5.41) is 0. The molecule has 0 radical (unpaired) electrons. The van der Waals surface area contributed by atoms with Gasteiger partial charge in [-0.15, -0.1) is 0 Å². The van der Waals surface area contributed by atoms with Crippen LogP contribution in [0.1, 0.15) is 297 Å². The molecular weight excluding hydrogens is 733 g/mol. The monoisotopic (exact) mass is 835 g/mol. The molecule has 0 aliphatic rings. The van der Waals surface area contributed by atoms with Crippen LogP contribution in [-0.2, 0) is 28.6 Å². The van der Waals surface area contributed by atoms with E-state index in [1.807, 2.05) is 0 Å². The van der Waals surface area contributed by atoms with Crippen LogP contribution in [0.4, 0.5) is 0 Å². The summed E-state index contributed by atoms with van der Waals surface area (Å²) in [6.07, 6.45) is 49.3. The van der Waals surface area contributed by atoms with Gasteiger partial charge in [-0.25, -0.2) is 0 Å². The van der Waals surface area contributed by atoms with Crippen molar-refractivity contribution < 1.29 is 28.6 Å². The molecule has 0 aromatic carbocycles. The fourth-order valence-electron chi connectivity index (χ4n) is 8.01. The summed E-state index contributed by atoms with van der Waals surface area (Å²) in [6.45, 7) is 9.06. The first-order valence-electron chi connectivity index (χ1n) is 26.4. The fourth-order valence-corrected chi connectivity index (χ4v) is 8.01. The Morgan fingerprint density at radius 1 is 0.339 bits per heavy atom. The second-order valence-corrected chi connectivity index (χ2v) is 18.4. The summed E-state index contributed by atoms with van der Waals surface area (Å²) in [6, 6.07) is 0. The topological polar surface area (TPSA) is 78.9 Å². The van der Waals surface area contributed by atoms with E-state index in [1.165, 1.54) is 193 Å². The molecule has 1 unspecified atom stereocenters. The highest BCUT2D eigenvalue weighted by molar-refractivity contribution is 5.71. The number of carbonyl (C=O) groups is 3. The lowest BCUT2D eigenvalue weighted by Gasteiger charge is -2.18. The molecule has 0 saturated heterocycles. The van der Waals surface area contributed by atoms with Crippen LogP contribution >= 0.6 is 0 Å². The van der Waals surface area contributed by atoms with Crippen molar-refractivity contribution in [2.45, 2.75) is 303 Å². The molecule has 0 bridgehead atoms. The van der Waals surface area contributed by atoms with Crippen molar-refractivity contribution >= 4 is 17.9 Å². The predicted octanol–water partition coefficient (Wildman–Crippen LogP) is 17.1. The quantitative estimate of drug-likeness (QED) is 0.0345. The number of esters is 3. The zero-order valence-electron chi connectivity index (χ0n) is 40.2. The number of hydrogen-bond donors (Lipinski definition) is 0. The van der Waals surface area contributed by atoms with E-state index in [0.717, 1.165) is 63.7 Å². The fraction of sp³-hybridized carbons (Fsp3) is 0.943. The predicted molar refractivity (Wildman–Crippen MR) is 252 cm³/mol. The number of unbranched alkanes of at least 4 members (excludes halogenated alkanes) is 34. The minimum Gasteiger partial charge on any atom is -0.462 e. The molecule has 59 heavy (non-hydrogen) atoms. The van der Waals surface area contributed by atoms with Gasteiger partial charge < -0.3 is 14.2 Å². The lowest BCUT2D eigenvalue weighted by molar-refractivity contribution is -0.167. The van der Waals surface area contributed by atoms with Gasteiger partial charge in [0, 0.05) is 19.3 Å². The largest absolute Gasteiger partial charge is 0.462 e. The van der Waals surface area contributed by atoms with Crippen molar-refractivity contribution in [3.05, 3.63) is 0 Å². The highest BCUT2D eigenvalue weighted by Gasteiger charge is 2.19. The molecular formula is C53H102O6. The number of carbonyl (C=O) groups excluding carboxylic acids is 3. The lowest BCUT2D eigenvalue weighted by atomic mass is 9.99. The molecule has 6 nitrogen and oxygen atoms in total. The smallest absolute Gasteiger partial charge is 0.306 e. The van der Waals surface area contributed by atoms with Crippen molar-refractivity contribution in [1.82, 2.24) is 0 Å². The van der Waals surface area contributed by atoms with E-state index in [1.54, 1.807) is 0 Å². The maximum Gasteiger partial charge on any atom is 0.306 e. The van der Waals surface area contributed by atoms with Crippen molar-refractivity contribution in [1.29, 1.82) is 0 Å². The summed E-state index contributed by atoms with van der Waals surface area (Å²) in [5.74, 6) is 0.0522. The first-order valence-corrected chi connectivity index (χ1v) is 26.4. The Hall–Kier alpha value is -1.59. The van der Waals surface area contributed by atoms with E-state index in [-0.39, 0.29) is 31.1 Å². The van der Waals surface area contributed by atoms with Crippen LogP contribution in [0.3, 0.4) is 0 Å². The Bertz CT molecular complexity index is 889. The standard InChI is InChI=1S/C53H102O6/c1-5-8-10-12-14-16-18-25-28-32-36-40-44-51(54)57-47-50(59-53(56)46-42-38-34-30-23-17-15-13-11-9-6-2)48-58-52(55)45-41-37-33-29-26-22-20-19-21-24-27-31-35-39-43-49(4)7-3/h49-50H,5-48H2,1-4H3/t49?,50-/m1/s1. The van der Waals surface area contributed by atoms with Gasteiger partial charge in [0.25, 0.3) is 0 Å². The van der Waals surface area contributed by atoms with Gasteiger partial charge in [-0.3, -0.25) is 14.4 Å². The minimum atomic E-state index is -0.760. The molecule has 0 aromatic heterocycles. The Morgan fingerprint density at radius 2 is 0.593 bits per heavy atom. The highest BCUT2D eigenvalue weighted by atomic mass is 16.6. The van der Waals surface area contributed by atoms with Gasteiger partial charge in [0.15, 0.2) is 6.10 Å². The maximum atomic E-state index is 12.8. The molecule has 2 atom stereocenters. The number of ether oxygens (including phenoxy) is 3. The van der Waals surface area contributed by atoms with Gasteiger partial charge >= 0.3 is 17.9 Å². The van der Waals surface area contributed by atoms with Crippen LogP contribution in [0.2, 0.25) is 0 Å². The summed E-state index contributed by atoms with van der Waals surface area (Å²) < 4.78 is 16.8. The lowest BCUT2D eigenvalue weighted by Crippen LogP contribution is -2.30. The molecule has 0 N–H and O–H groups in total. The van der Waals surface area contributed by atoms with Crippen molar-refractivity contribution in [3.8, 4) is 0 Å². The summed E-state index contributed by atoms with van der Waals surface area (Å²) in [7, 11) is 0. The molecule has 6 heteroatoms. The van der Waals surface area contributed by atoms with Gasteiger partial charge in [0.2, 0.25) is 0 Å². The Morgan fingerprint density at radius 3 is 0.881 bits per heavy atom. The average Bonchev–Trinajstić information content (AvgIpc) is 3.23. The summed E-state index contributed by atoms with van der Waals surface area (Å²) >= 11 is 0. The number of rotatable bonds is 48. The molecule has 0 heterocycles. The molecule has 350 valence electrons. The van der Waals surface area contributed by atoms with Crippen LogP contribution in [0, 0.1) is 5.92 Å². The van der Waals surface area contributed by atoms with Gasteiger partial charge in [-0.05, 0) is 25.2 Å². The van der Waals surface area contributed by atoms with Crippen molar-refractivity contribution in [2.75, 3.05) is 13.2 Å². The third-order valence-corrected chi connectivity index (χ3v) is 12.4. The van der Waals surface area contributed by atoms with Gasteiger partial charge in [-0.1, -0.05) is 259 Å². The van der Waals surface area contributed by atoms with Crippen LogP contribution in [0.15, 0.2) is 0 Å². The maximum absolute atomic E-state index is 12.8. The number of hydrogen-bond acceptors (Lipinski definition) is 6. The molecule has 0 rings (SSSR count). The molecule has 0 aliphatic heterocycles. The van der Waals surface area contributed by atoms with E-state index < -0.39 is 6.10 Å². The van der Waals surface area contributed by atoms with E-state index in [4.69, 9.17) is 14.2 Å². The van der Waals surface area contributed by atoms with Crippen molar-refractivity contribution in [2.24, 2.45) is 5.92 Å². The normalized spacial score (nSPS) is 12.4. The molecule has 0 spiro atoms. The first kappa shape index (κ1) is 57.4. The van der Waals surface area contributed by atoms with Gasteiger partial charge in [-0.2, -0.15) is 0 Å². The molecule has 0 saturated carbocycles. The van der Waals surface area contributed by atoms with Gasteiger partial charge in [0.1, 0.15) is 13.2 Å². The Balaban J connectivity index is 4.25. The zero-order chi connectivity index (χ0) is 43.1. The van der Waals surface area contributed by atoms with Crippen molar-refractivity contribution in [3.63, 3.8) is 0 Å². The Labute approximate surface area is 368 Å². The van der Waals surface area contributed by atoms with E-state index in [0.29, 0.717) is 19.3 Å². The van der Waals surface area contributed by atoms with Crippen LogP contribution < -0.4 is 0 Å². The molecule has 0 fully saturated rings. The van der Waals surface area contributed by atoms with Crippen LogP contribution in [-0.4, -0.2) is 37.2 Å². The van der Waals surface area contributed by atoms with E-state index >= 15 is 0 Å². The Kier molecular flexibility index (Phi) is 46.2. The third kappa shape index (κ3) is 45.8. The molecule has 0 aromatic rings. The summed E-state index contributed by atoms with van der Waals surface area (Å²) in [4.78, 5) is 37.9. The van der Waals surface area contributed by atoms with Crippen LogP contribution in [0.25, 0.3) is 0 Å². The SMILES string of the molecule is CCCCCCCCCCCCCCC(=O)OC[C@H](COC(=O)CCCCCCCCCCCCCCCCC(C)CC)OC(=O)CCCCCCCCCCCCC. The molecule has 0 aliphatic carbocycles. The van der Waals surface area contributed by atoms with E-state index in [2.05, 4.69) is 27.7 Å². The zero-order valence-corrected chi connectivity index (χ0v) is 40.2. The minimum absolute atomic E-state index is 0.0626. The second kappa shape index (κ2) is 47.5.